The summed E-state index contributed by atoms with van der Waals surface area (Å²) in [5.74, 6) is 0.800. The third-order valence-electron chi connectivity index (χ3n) is 3.61. The smallest absolute Gasteiger partial charge is 0.249 e. The summed E-state index contributed by atoms with van der Waals surface area (Å²) < 4.78 is 0. The maximum absolute atomic E-state index is 11.3. The van der Waals surface area contributed by atoms with Gasteiger partial charge >= 0.3 is 0 Å². The maximum Gasteiger partial charge on any atom is 0.249 e. The largest absolute Gasteiger partial charge is 0.314 e. The van der Waals surface area contributed by atoms with Gasteiger partial charge in [0.25, 0.3) is 0 Å². The highest BCUT2D eigenvalue weighted by atomic mass is 35.5. The van der Waals surface area contributed by atoms with Gasteiger partial charge in [-0.1, -0.05) is 0 Å². The Morgan fingerprint density at radius 2 is 2.05 bits per heavy atom. The lowest BCUT2D eigenvalue weighted by Gasteiger charge is -2.26. The Morgan fingerprint density at radius 3 is 2.86 bits per heavy atom. The number of piperazine rings is 1. The number of aromatic nitrogens is 3. The zero-order valence-electron chi connectivity index (χ0n) is 11.8. The van der Waals surface area contributed by atoms with Gasteiger partial charge in [0.05, 0.1) is 0 Å². The van der Waals surface area contributed by atoms with Crippen LogP contribution in [0.15, 0.2) is 23.1 Å². The molecule has 6 nitrogen and oxygen atoms in total. The molecule has 3 heterocycles. The lowest BCUT2D eigenvalue weighted by atomic mass is 10.2. The summed E-state index contributed by atoms with van der Waals surface area (Å²) >= 11 is 0. The van der Waals surface area contributed by atoms with Crippen molar-refractivity contribution >= 4 is 23.4 Å². The van der Waals surface area contributed by atoms with Gasteiger partial charge < -0.3 is 15.2 Å². The Hall–Kier alpha value is -1.50. The number of hydrogen-bond acceptors (Lipinski definition) is 5. The zero-order valence-corrected chi connectivity index (χ0v) is 12.7. The fourth-order valence-electron chi connectivity index (χ4n) is 2.49. The number of fused-ring (bicyclic) bond motifs is 1. The minimum Gasteiger partial charge on any atom is -0.314 e. The van der Waals surface area contributed by atoms with Gasteiger partial charge in [0, 0.05) is 50.2 Å². The Balaban J connectivity index is 0.00000161. The van der Waals surface area contributed by atoms with Crippen molar-refractivity contribution in [1.29, 1.82) is 0 Å². The first-order valence-corrected chi connectivity index (χ1v) is 7.09. The van der Waals surface area contributed by atoms with Crippen LogP contribution in [0.4, 0.5) is 0 Å². The normalized spacial score (nSPS) is 15.8. The first-order chi connectivity index (χ1) is 9.81. The summed E-state index contributed by atoms with van der Waals surface area (Å²) in [6, 6.07) is 3.24. The highest BCUT2D eigenvalue weighted by molar-refractivity contribution is 5.85. The van der Waals surface area contributed by atoms with Crippen molar-refractivity contribution in [1.82, 2.24) is 25.2 Å². The van der Waals surface area contributed by atoms with Crippen LogP contribution in [-0.2, 0) is 6.42 Å². The van der Waals surface area contributed by atoms with Gasteiger partial charge in [-0.15, -0.1) is 12.4 Å². The van der Waals surface area contributed by atoms with Crippen molar-refractivity contribution in [2.24, 2.45) is 0 Å². The fourth-order valence-corrected chi connectivity index (χ4v) is 2.49. The van der Waals surface area contributed by atoms with E-state index in [9.17, 15) is 4.79 Å². The Labute approximate surface area is 129 Å². The Bertz CT molecular complexity index is 639. The van der Waals surface area contributed by atoms with Crippen LogP contribution >= 0.6 is 12.4 Å². The van der Waals surface area contributed by atoms with Crippen LogP contribution in [0.1, 0.15) is 12.2 Å². The third-order valence-corrected chi connectivity index (χ3v) is 3.61. The topological polar surface area (TPSA) is 73.9 Å². The van der Waals surface area contributed by atoms with Gasteiger partial charge in [-0.05, 0) is 19.0 Å². The molecule has 0 unspecified atom stereocenters. The van der Waals surface area contributed by atoms with Crippen LogP contribution in [0.5, 0.6) is 0 Å². The molecule has 0 radical (unpaired) electrons. The first kappa shape index (κ1) is 15.9. The molecule has 1 fully saturated rings. The monoisotopic (exact) mass is 309 g/mol. The third kappa shape index (κ3) is 4.23. The van der Waals surface area contributed by atoms with Gasteiger partial charge in [-0.25, -0.2) is 9.97 Å². The highest BCUT2D eigenvalue weighted by Crippen LogP contribution is 2.06. The molecule has 0 saturated carbocycles. The Morgan fingerprint density at radius 1 is 1.24 bits per heavy atom. The van der Waals surface area contributed by atoms with E-state index in [1.807, 2.05) is 0 Å². The average molecular weight is 310 g/mol. The van der Waals surface area contributed by atoms with E-state index < -0.39 is 0 Å². The molecule has 2 aromatic heterocycles. The summed E-state index contributed by atoms with van der Waals surface area (Å²) in [5.41, 5.74) is 0.507. The van der Waals surface area contributed by atoms with E-state index in [1.165, 1.54) is 6.07 Å². The first-order valence-electron chi connectivity index (χ1n) is 7.09. The molecule has 2 N–H and O–H groups in total. The second-order valence-electron chi connectivity index (χ2n) is 5.11. The predicted molar refractivity (Wildman–Crippen MR) is 85.0 cm³/mol. The molecule has 3 rings (SSSR count). The van der Waals surface area contributed by atoms with Gasteiger partial charge in [-0.3, -0.25) is 4.79 Å². The Kier molecular flexibility index (Phi) is 5.67. The summed E-state index contributed by atoms with van der Waals surface area (Å²) in [6.07, 6.45) is 3.66. The summed E-state index contributed by atoms with van der Waals surface area (Å²) in [7, 11) is 0. The molecule has 0 atom stereocenters. The molecule has 1 aliphatic heterocycles. The molecule has 2 aromatic rings. The fraction of sp³-hybridized carbons (Fsp3) is 0.500. The van der Waals surface area contributed by atoms with Crippen LogP contribution in [0.3, 0.4) is 0 Å². The van der Waals surface area contributed by atoms with E-state index in [1.54, 1.807) is 12.3 Å². The zero-order chi connectivity index (χ0) is 13.8. The van der Waals surface area contributed by atoms with E-state index in [4.69, 9.17) is 0 Å². The molecular formula is C14H20ClN5O. The van der Waals surface area contributed by atoms with Crippen LogP contribution in [-0.4, -0.2) is 52.6 Å². The number of aryl methyl sites for hydroxylation is 1. The SMILES string of the molecule is Cl.O=c1ccc2cnc(CCCN3CCNCC3)nc2[nH]1. The molecule has 0 spiro atoms. The molecular weight excluding hydrogens is 290 g/mol. The van der Waals surface area contributed by atoms with Gasteiger partial charge in [0.2, 0.25) is 5.56 Å². The van der Waals surface area contributed by atoms with Crippen LogP contribution in [0.2, 0.25) is 0 Å². The van der Waals surface area contributed by atoms with Gasteiger partial charge in [0.1, 0.15) is 11.5 Å². The van der Waals surface area contributed by atoms with E-state index in [-0.39, 0.29) is 18.0 Å². The molecule has 1 aliphatic rings. The van der Waals surface area contributed by atoms with Crippen molar-refractivity contribution in [2.45, 2.75) is 12.8 Å². The van der Waals surface area contributed by atoms with Crippen LogP contribution in [0, 0.1) is 0 Å². The lowest BCUT2D eigenvalue weighted by molar-refractivity contribution is 0.238. The number of aromatic amines is 1. The van der Waals surface area contributed by atoms with Crippen molar-refractivity contribution in [3.8, 4) is 0 Å². The molecule has 1 saturated heterocycles. The second kappa shape index (κ2) is 7.49. The summed E-state index contributed by atoms with van der Waals surface area (Å²) in [6.45, 7) is 5.47. The van der Waals surface area contributed by atoms with Crippen LogP contribution in [0.25, 0.3) is 11.0 Å². The molecule has 0 bridgehead atoms. The number of nitrogens with one attached hydrogen (secondary N) is 2. The number of halogens is 1. The molecule has 0 amide bonds. The molecule has 7 heteroatoms. The quantitative estimate of drug-likeness (QED) is 0.864. The summed E-state index contributed by atoms with van der Waals surface area (Å²) in [4.78, 5) is 25.3. The standard InChI is InChI=1S/C14H19N5O.ClH/c20-13-4-3-11-10-16-12(17-14(11)18-13)2-1-7-19-8-5-15-6-9-19;/h3-4,10,15H,1-2,5-9H2,(H,16,17,18,20);1H. The minimum atomic E-state index is -0.122. The van der Waals surface area contributed by atoms with Crippen molar-refractivity contribution in [3.05, 3.63) is 34.5 Å². The van der Waals surface area contributed by atoms with Crippen molar-refractivity contribution < 1.29 is 0 Å². The van der Waals surface area contributed by atoms with Crippen molar-refractivity contribution in [2.75, 3.05) is 32.7 Å². The van der Waals surface area contributed by atoms with Gasteiger partial charge in [0.15, 0.2) is 0 Å². The van der Waals surface area contributed by atoms with E-state index in [0.717, 1.165) is 56.8 Å². The number of pyridine rings is 1. The average Bonchev–Trinajstić information content (AvgIpc) is 2.48. The molecule has 0 aliphatic carbocycles. The van der Waals surface area contributed by atoms with Crippen molar-refractivity contribution in [3.63, 3.8) is 0 Å². The number of hydrogen-bond donors (Lipinski definition) is 2. The molecule has 21 heavy (non-hydrogen) atoms. The second-order valence-corrected chi connectivity index (χ2v) is 5.11. The lowest BCUT2D eigenvalue weighted by Crippen LogP contribution is -2.43. The highest BCUT2D eigenvalue weighted by Gasteiger charge is 2.09. The van der Waals surface area contributed by atoms with Crippen LogP contribution < -0.4 is 10.9 Å². The minimum absolute atomic E-state index is 0. The van der Waals surface area contributed by atoms with E-state index in [2.05, 4.69) is 25.2 Å². The van der Waals surface area contributed by atoms with E-state index in [0.29, 0.717) is 5.65 Å². The number of nitrogens with zero attached hydrogens (tertiary/aromatic N) is 3. The number of rotatable bonds is 4. The molecule has 0 aromatic carbocycles. The molecule has 114 valence electrons. The van der Waals surface area contributed by atoms with Gasteiger partial charge in [-0.2, -0.15) is 0 Å². The maximum atomic E-state index is 11.3. The summed E-state index contributed by atoms with van der Waals surface area (Å²) in [5, 5.41) is 4.22. The predicted octanol–water partition coefficient (Wildman–Crippen LogP) is 0.578. The number of H-pyrrole nitrogens is 1. The van der Waals surface area contributed by atoms with E-state index >= 15 is 0 Å².